The second kappa shape index (κ2) is 10.5. The van der Waals surface area contributed by atoms with Gasteiger partial charge in [-0.3, -0.25) is 14.8 Å². The Hall–Kier alpha value is -3.05. The molecule has 3 aromatic rings. The van der Waals surface area contributed by atoms with E-state index in [4.69, 9.17) is 0 Å². The molecule has 29 heavy (non-hydrogen) atoms. The van der Waals surface area contributed by atoms with Crippen molar-refractivity contribution in [3.63, 3.8) is 0 Å². The van der Waals surface area contributed by atoms with Crippen molar-refractivity contribution in [2.45, 2.75) is 32.7 Å². The number of amides is 1. The smallest absolute Gasteiger partial charge is 0.241 e. The van der Waals surface area contributed by atoms with Gasteiger partial charge in [0.25, 0.3) is 0 Å². The number of aryl methyl sites for hydroxylation is 2. The molecule has 0 aliphatic heterocycles. The van der Waals surface area contributed by atoms with Gasteiger partial charge in [-0.1, -0.05) is 29.8 Å². The molecule has 1 aromatic carbocycles. The van der Waals surface area contributed by atoms with E-state index in [1.54, 1.807) is 18.6 Å². The molecule has 5 heteroatoms. The number of pyridine rings is 2. The van der Waals surface area contributed by atoms with Crippen LogP contribution < -0.4 is 10.6 Å². The first-order valence-corrected chi connectivity index (χ1v) is 9.99. The van der Waals surface area contributed by atoms with E-state index in [0.29, 0.717) is 13.1 Å². The number of nitrogens with one attached hydrogen (secondary N) is 2. The highest BCUT2D eigenvalue weighted by Gasteiger charge is 2.21. The molecule has 0 aliphatic carbocycles. The highest BCUT2D eigenvalue weighted by molar-refractivity contribution is 5.83. The van der Waals surface area contributed by atoms with Crippen molar-refractivity contribution in [1.82, 2.24) is 20.6 Å². The monoisotopic (exact) mass is 388 g/mol. The molecule has 0 bridgehead atoms. The highest BCUT2D eigenvalue weighted by atomic mass is 16.2. The van der Waals surface area contributed by atoms with E-state index in [0.717, 1.165) is 29.5 Å². The van der Waals surface area contributed by atoms with Crippen molar-refractivity contribution in [3.05, 3.63) is 95.1 Å². The fourth-order valence-corrected chi connectivity index (χ4v) is 3.38. The summed E-state index contributed by atoms with van der Waals surface area (Å²) in [7, 11) is 0. The lowest BCUT2D eigenvalue weighted by atomic mass is 9.98. The number of nitrogens with zero attached hydrogens (tertiary/aromatic N) is 2. The minimum atomic E-state index is -0.383. The largest absolute Gasteiger partial charge is 0.354 e. The number of carbonyl (C=O) groups is 1. The van der Waals surface area contributed by atoms with Gasteiger partial charge in [0, 0.05) is 37.9 Å². The van der Waals surface area contributed by atoms with Gasteiger partial charge in [-0.15, -0.1) is 0 Å². The molecule has 1 amide bonds. The Morgan fingerprint density at radius 3 is 2.45 bits per heavy atom. The van der Waals surface area contributed by atoms with Crippen LogP contribution in [0, 0.1) is 13.8 Å². The van der Waals surface area contributed by atoms with Crippen molar-refractivity contribution in [2.24, 2.45) is 0 Å². The Morgan fingerprint density at radius 2 is 1.72 bits per heavy atom. The van der Waals surface area contributed by atoms with E-state index in [1.807, 2.05) is 30.5 Å². The Labute approximate surface area is 172 Å². The zero-order chi connectivity index (χ0) is 20.5. The number of rotatable bonds is 9. The van der Waals surface area contributed by atoms with Gasteiger partial charge in [-0.2, -0.15) is 0 Å². The lowest BCUT2D eigenvalue weighted by Gasteiger charge is -2.21. The lowest BCUT2D eigenvalue weighted by Crippen LogP contribution is -2.39. The summed E-state index contributed by atoms with van der Waals surface area (Å²) >= 11 is 0. The van der Waals surface area contributed by atoms with Crippen molar-refractivity contribution >= 4 is 5.91 Å². The molecule has 0 spiro atoms. The van der Waals surface area contributed by atoms with Crippen LogP contribution in [-0.2, 0) is 17.6 Å². The average molecular weight is 389 g/mol. The van der Waals surface area contributed by atoms with E-state index >= 15 is 0 Å². The number of hydrogen-bond donors (Lipinski definition) is 2. The molecule has 0 saturated heterocycles. The average Bonchev–Trinajstić information content (AvgIpc) is 2.73. The fraction of sp³-hybridized carbons (Fsp3) is 0.292. The molecule has 5 nitrogen and oxygen atoms in total. The Kier molecular flexibility index (Phi) is 7.47. The normalized spacial score (nSPS) is 11.8. The third-order valence-corrected chi connectivity index (χ3v) is 4.95. The number of carbonyl (C=O) groups excluding carboxylic acids is 1. The van der Waals surface area contributed by atoms with Gasteiger partial charge in [0.15, 0.2) is 0 Å². The summed E-state index contributed by atoms with van der Waals surface area (Å²) in [5.74, 6) is -0.00410. The maximum atomic E-state index is 13.0. The van der Waals surface area contributed by atoms with Crippen LogP contribution >= 0.6 is 0 Å². The van der Waals surface area contributed by atoms with Gasteiger partial charge >= 0.3 is 0 Å². The van der Waals surface area contributed by atoms with Crippen LogP contribution in [-0.4, -0.2) is 29.0 Å². The van der Waals surface area contributed by atoms with Crippen LogP contribution in [0.3, 0.4) is 0 Å². The van der Waals surface area contributed by atoms with E-state index in [-0.39, 0.29) is 11.9 Å². The second-order valence-corrected chi connectivity index (χ2v) is 7.25. The molecule has 2 N–H and O–H groups in total. The fourth-order valence-electron chi connectivity index (χ4n) is 3.38. The van der Waals surface area contributed by atoms with Crippen LogP contribution in [0.15, 0.2) is 67.3 Å². The van der Waals surface area contributed by atoms with Crippen LogP contribution in [0.4, 0.5) is 0 Å². The van der Waals surface area contributed by atoms with Gasteiger partial charge in [-0.05, 0) is 67.1 Å². The molecule has 2 aromatic heterocycles. The zero-order valence-corrected chi connectivity index (χ0v) is 17.1. The molecule has 2 heterocycles. The van der Waals surface area contributed by atoms with Gasteiger partial charge in [0.1, 0.15) is 6.04 Å². The van der Waals surface area contributed by atoms with Crippen LogP contribution in [0.5, 0.6) is 0 Å². The third kappa shape index (κ3) is 6.22. The predicted octanol–water partition coefficient (Wildman–Crippen LogP) is 3.33. The van der Waals surface area contributed by atoms with E-state index in [1.165, 1.54) is 11.1 Å². The lowest BCUT2D eigenvalue weighted by molar-refractivity contribution is -0.123. The topological polar surface area (TPSA) is 66.9 Å². The van der Waals surface area contributed by atoms with Crippen LogP contribution in [0.25, 0.3) is 0 Å². The minimum Gasteiger partial charge on any atom is -0.354 e. The van der Waals surface area contributed by atoms with Crippen LogP contribution in [0.2, 0.25) is 0 Å². The summed E-state index contributed by atoms with van der Waals surface area (Å²) < 4.78 is 0. The van der Waals surface area contributed by atoms with E-state index < -0.39 is 0 Å². The predicted molar refractivity (Wildman–Crippen MR) is 116 cm³/mol. The molecular weight excluding hydrogens is 360 g/mol. The summed E-state index contributed by atoms with van der Waals surface area (Å²) in [5, 5.41) is 6.53. The van der Waals surface area contributed by atoms with E-state index in [9.17, 15) is 4.79 Å². The van der Waals surface area contributed by atoms with Gasteiger partial charge in [0.2, 0.25) is 5.91 Å². The first-order valence-electron chi connectivity index (χ1n) is 9.99. The summed E-state index contributed by atoms with van der Waals surface area (Å²) in [6.07, 6.45) is 8.78. The summed E-state index contributed by atoms with van der Waals surface area (Å²) in [5.41, 5.74) is 5.64. The first-order chi connectivity index (χ1) is 14.1. The molecule has 0 fully saturated rings. The molecule has 1 atom stereocenters. The number of aromatic nitrogens is 2. The Bertz CT molecular complexity index is 913. The van der Waals surface area contributed by atoms with Gasteiger partial charge in [-0.25, -0.2) is 0 Å². The SMILES string of the molecule is Cc1ccc(C(NCCc2ccncc2)C(=O)NCCc2cccnc2)c(C)c1. The van der Waals surface area contributed by atoms with Crippen molar-refractivity contribution in [2.75, 3.05) is 13.1 Å². The molecule has 0 radical (unpaired) electrons. The Balaban J connectivity index is 1.65. The Morgan fingerprint density at radius 1 is 0.931 bits per heavy atom. The molecule has 1 unspecified atom stereocenters. The van der Waals surface area contributed by atoms with Crippen molar-refractivity contribution < 1.29 is 4.79 Å². The maximum Gasteiger partial charge on any atom is 0.241 e. The highest BCUT2D eigenvalue weighted by Crippen LogP contribution is 2.19. The summed E-state index contributed by atoms with van der Waals surface area (Å²) in [6, 6.07) is 13.8. The second-order valence-electron chi connectivity index (χ2n) is 7.25. The minimum absolute atomic E-state index is 0.00410. The van der Waals surface area contributed by atoms with Gasteiger partial charge < -0.3 is 10.6 Å². The zero-order valence-electron chi connectivity index (χ0n) is 17.1. The first kappa shape index (κ1) is 20.7. The molecule has 3 rings (SSSR count). The van der Waals surface area contributed by atoms with Crippen molar-refractivity contribution in [3.8, 4) is 0 Å². The standard InChI is InChI=1S/C24H28N4O/c1-18-5-6-22(19(2)16-18)23(27-14-9-20-7-12-25-13-8-20)24(29)28-15-10-21-4-3-11-26-17-21/h3-8,11-13,16-17,23,27H,9-10,14-15H2,1-2H3,(H,28,29). The molecule has 0 saturated carbocycles. The maximum absolute atomic E-state index is 13.0. The summed E-state index contributed by atoms with van der Waals surface area (Å²) in [4.78, 5) is 21.2. The summed E-state index contributed by atoms with van der Waals surface area (Å²) in [6.45, 7) is 5.41. The van der Waals surface area contributed by atoms with E-state index in [2.05, 4.69) is 52.6 Å². The third-order valence-electron chi connectivity index (χ3n) is 4.95. The number of benzene rings is 1. The quantitative estimate of drug-likeness (QED) is 0.590. The van der Waals surface area contributed by atoms with Gasteiger partial charge in [0.05, 0.1) is 0 Å². The molecule has 0 aliphatic rings. The molecular formula is C24H28N4O. The molecule has 150 valence electrons. The number of hydrogen-bond acceptors (Lipinski definition) is 4. The van der Waals surface area contributed by atoms with Crippen molar-refractivity contribution in [1.29, 1.82) is 0 Å². The van der Waals surface area contributed by atoms with Crippen LogP contribution in [0.1, 0.15) is 33.9 Å².